The Morgan fingerprint density at radius 3 is 2.14 bits per heavy atom. The molecule has 0 spiro atoms. The molecule has 1 aliphatic carbocycles. The molecule has 1 fully saturated rings. The highest BCUT2D eigenvalue weighted by molar-refractivity contribution is 6.06. The summed E-state index contributed by atoms with van der Waals surface area (Å²) in [6.45, 7) is 6.36. The standard InChI is InChI=1S/C29H28N6O/c1-18-25(20(3)34(32-18)22-10-6-4-7-11-22)17-30-29(36)24-16-26(21-14-15-21)31-28-27(24)19(2)33-35(28)23-12-8-5-9-13-23/h4-13,16,21H,14-15,17H2,1-3H3,(H,30,36). The van der Waals surface area contributed by atoms with Crippen LogP contribution in [0.25, 0.3) is 22.4 Å². The molecule has 2 aromatic carbocycles. The number of aromatic nitrogens is 5. The van der Waals surface area contributed by atoms with Crippen molar-refractivity contribution in [2.24, 2.45) is 0 Å². The number of amides is 1. The maximum absolute atomic E-state index is 13.6. The van der Waals surface area contributed by atoms with Crippen LogP contribution in [-0.2, 0) is 6.54 Å². The number of pyridine rings is 1. The van der Waals surface area contributed by atoms with Gasteiger partial charge in [0.25, 0.3) is 5.91 Å². The highest BCUT2D eigenvalue weighted by atomic mass is 16.1. The number of carbonyl (C=O) groups excluding carboxylic acids is 1. The average Bonchev–Trinajstić information content (AvgIpc) is 3.65. The molecule has 0 saturated heterocycles. The SMILES string of the molecule is Cc1nn(-c2ccccc2)c(C)c1CNC(=O)c1cc(C2CC2)nc2c1c(C)nn2-c1ccccc1. The number of nitrogens with one attached hydrogen (secondary N) is 1. The first-order valence-electron chi connectivity index (χ1n) is 12.4. The maximum Gasteiger partial charge on any atom is 0.252 e. The van der Waals surface area contributed by atoms with Crippen LogP contribution in [0.1, 0.15) is 57.5 Å². The predicted molar refractivity (Wildman–Crippen MR) is 140 cm³/mol. The highest BCUT2D eigenvalue weighted by Crippen LogP contribution is 2.40. The molecule has 0 bridgehead atoms. The van der Waals surface area contributed by atoms with Gasteiger partial charge in [-0.15, -0.1) is 0 Å². The third kappa shape index (κ3) is 3.86. The second-order valence-corrected chi connectivity index (χ2v) is 9.48. The van der Waals surface area contributed by atoms with Crippen LogP contribution in [0.4, 0.5) is 0 Å². The Balaban J connectivity index is 1.36. The van der Waals surface area contributed by atoms with Gasteiger partial charge in [0.1, 0.15) is 0 Å². The van der Waals surface area contributed by atoms with Crippen molar-refractivity contribution in [1.82, 2.24) is 29.9 Å². The molecule has 0 unspecified atom stereocenters. The Kier molecular flexibility index (Phi) is 5.40. The molecule has 5 aromatic rings. The Labute approximate surface area is 209 Å². The first-order valence-corrected chi connectivity index (χ1v) is 12.4. The number of fused-ring (bicyclic) bond motifs is 1. The van der Waals surface area contributed by atoms with Crippen LogP contribution in [0.2, 0.25) is 0 Å². The normalized spacial score (nSPS) is 13.3. The predicted octanol–water partition coefficient (Wildman–Crippen LogP) is 5.34. The fraction of sp³-hybridized carbons (Fsp3) is 0.241. The number of hydrogen-bond donors (Lipinski definition) is 1. The minimum absolute atomic E-state index is 0.119. The van der Waals surface area contributed by atoms with E-state index < -0.39 is 0 Å². The lowest BCUT2D eigenvalue weighted by molar-refractivity contribution is 0.0952. The number of benzene rings is 2. The van der Waals surface area contributed by atoms with E-state index in [4.69, 9.17) is 15.2 Å². The molecular formula is C29H28N6O. The lowest BCUT2D eigenvalue weighted by atomic mass is 10.1. The van der Waals surface area contributed by atoms with E-state index in [2.05, 4.69) is 5.32 Å². The van der Waals surface area contributed by atoms with Crippen molar-refractivity contribution in [3.63, 3.8) is 0 Å². The summed E-state index contributed by atoms with van der Waals surface area (Å²) in [6, 6.07) is 22.0. The van der Waals surface area contributed by atoms with Crippen LogP contribution in [0.3, 0.4) is 0 Å². The van der Waals surface area contributed by atoms with Crippen LogP contribution in [-0.4, -0.2) is 30.5 Å². The fourth-order valence-electron chi connectivity index (χ4n) is 4.84. The van der Waals surface area contributed by atoms with Gasteiger partial charge >= 0.3 is 0 Å². The van der Waals surface area contributed by atoms with Crippen molar-refractivity contribution < 1.29 is 4.79 Å². The van der Waals surface area contributed by atoms with Gasteiger partial charge in [0.2, 0.25) is 0 Å². The van der Waals surface area contributed by atoms with Gasteiger partial charge in [-0.3, -0.25) is 4.79 Å². The summed E-state index contributed by atoms with van der Waals surface area (Å²) >= 11 is 0. The van der Waals surface area contributed by atoms with Gasteiger partial charge in [0.15, 0.2) is 5.65 Å². The number of hydrogen-bond acceptors (Lipinski definition) is 4. The summed E-state index contributed by atoms with van der Waals surface area (Å²) in [4.78, 5) is 18.6. The van der Waals surface area contributed by atoms with Gasteiger partial charge in [-0.2, -0.15) is 10.2 Å². The van der Waals surface area contributed by atoms with Gasteiger partial charge in [-0.1, -0.05) is 36.4 Å². The molecule has 1 aliphatic rings. The summed E-state index contributed by atoms with van der Waals surface area (Å²) in [5.41, 5.74) is 8.01. The lowest BCUT2D eigenvalue weighted by Gasteiger charge is -2.10. The Morgan fingerprint density at radius 1 is 0.889 bits per heavy atom. The van der Waals surface area contributed by atoms with Gasteiger partial charge < -0.3 is 5.32 Å². The van der Waals surface area contributed by atoms with Crippen molar-refractivity contribution >= 4 is 16.9 Å². The minimum Gasteiger partial charge on any atom is -0.348 e. The molecule has 7 heteroatoms. The summed E-state index contributed by atoms with van der Waals surface area (Å²) in [6.07, 6.45) is 2.21. The van der Waals surface area contributed by atoms with E-state index in [-0.39, 0.29) is 5.91 Å². The van der Waals surface area contributed by atoms with Crippen LogP contribution >= 0.6 is 0 Å². The van der Waals surface area contributed by atoms with Gasteiger partial charge in [-0.25, -0.2) is 14.3 Å². The number of para-hydroxylation sites is 2. The highest BCUT2D eigenvalue weighted by Gasteiger charge is 2.29. The summed E-state index contributed by atoms with van der Waals surface area (Å²) in [5, 5.41) is 13.4. The molecular weight excluding hydrogens is 448 g/mol. The topological polar surface area (TPSA) is 77.6 Å². The van der Waals surface area contributed by atoms with E-state index in [1.807, 2.05) is 96.9 Å². The lowest BCUT2D eigenvalue weighted by Crippen LogP contribution is -2.24. The van der Waals surface area contributed by atoms with Gasteiger partial charge in [-0.05, 0) is 63.9 Å². The van der Waals surface area contributed by atoms with Crippen molar-refractivity contribution in [3.8, 4) is 11.4 Å². The zero-order valence-corrected chi connectivity index (χ0v) is 20.7. The molecule has 3 heterocycles. The fourth-order valence-corrected chi connectivity index (χ4v) is 4.84. The third-order valence-electron chi connectivity index (χ3n) is 6.94. The van der Waals surface area contributed by atoms with E-state index in [0.717, 1.165) is 63.6 Å². The molecule has 0 atom stereocenters. The summed E-state index contributed by atoms with van der Waals surface area (Å²) in [7, 11) is 0. The molecule has 36 heavy (non-hydrogen) atoms. The quantitative estimate of drug-likeness (QED) is 0.359. The Hall–Kier alpha value is -4.26. The van der Waals surface area contributed by atoms with Gasteiger partial charge in [0, 0.05) is 29.4 Å². The van der Waals surface area contributed by atoms with Crippen molar-refractivity contribution in [2.45, 2.75) is 46.1 Å². The molecule has 6 rings (SSSR count). The van der Waals surface area contributed by atoms with E-state index in [1.54, 1.807) is 0 Å². The first kappa shape index (κ1) is 22.2. The minimum atomic E-state index is -0.119. The molecule has 0 radical (unpaired) electrons. The van der Waals surface area contributed by atoms with E-state index >= 15 is 0 Å². The number of nitrogens with zero attached hydrogens (tertiary/aromatic N) is 5. The zero-order valence-electron chi connectivity index (χ0n) is 20.7. The second kappa shape index (κ2) is 8.75. The van der Waals surface area contributed by atoms with Crippen molar-refractivity contribution in [3.05, 3.63) is 101 Å². The summed E-state index contributed by atoms with van der Waals surface area (Å²) in [5.74, 6) is 0.292. The Bertz CT molecular complexity index is 1580. The van der Waals surface area contributed by atoms with Crippen LogP contribution < -0.4 is 5.32 Å². The van der Waals surface area contributed by atoms with E-state index in [9.17, 15) is 4.79 Å². The van der Waals surface area contributed by atoms with Crippen molar-refractivity contribution in [2.75, 3.05) is 0 Å². The maximum atomic E-state index is 13.6. The molecule has 180 valence electrons. The van der Waals surface area contributed by atoms with Gasteiger partial charge in [0.05, 0.1) is 33.7 Å². The molecule has 7 nitrogen and oxygen atoms in total. The molecule has 3 aromatic heterocycles. The molecule has 0 aliphatic heterocycles. The zero-order chi connectivity index (χ0) is 24.8. The number of carbonyl (C=O) groups is 1. The molecule has 1 N–H and O–H groups in total. The largest absolute Gasteiger partial charge is 0.348 e. The molecule has 1 amide bonds. The number of rotatable bonds is 6. The molecule has 1 saturated carbocycles. The first-order chi connectivity index (χ1) is 17.5. The average molecular weight is 477 g/mol. The number of aryl methyl sites for hydroxylation is 2. The third-order valence-corrected chi connectivity index (χ3v) is 6.94. The van der Waals surface area contributed by atoms with Crippen LogP contribution in [0.15, 0.2) is 66.7 Å². The van der Waals surface area contributed by atoms with E-state index in [1.165, 1.54) is 0 Å². The monoisotopic (exact) mass is 476 g/mol. The summed E-state index contributed by atoms with van der Waals surface area (Å²) < 4.78 is 3.78. The van der Waals surface area contributed by atoms with Crippen LogP contribution in [0.5, 0.6) is 0 Å². The smallest absolute Gasteiger partial charge is 0.252 e. The van der Waals surface area contributed by atoms with Crippen LogP contribution in [0, 0.1) is 20.8 Å². The second-order valence-electron chi connectivity index (χ2n) is 9.48. The Morgan fingerprint density at radius 2 is 1.50 bits per heavy atom. The van der Waals surface area contributed by atoms with E-state index in [0.29, 0.717) is 18.0 Å². The van der Waals surface area contributed by atoms with Crippen molar-refractivity contribution in [1.29, 1.82) is 0 Å².